The number of unbranched alkanes of at least 4 members (excludes halogenated alkanes) is 9. The number of phosphoric acid groups is 2. The topological polar surface area (TPSA) is 444 Å². The smallest absolute Gasteiger partial charge is 0.394 e. The van der Waals surface area contributed by atoms with E-state index in [0.29, 0.717) is 83.8 Å². The summed E-state index contributed by atoms with van der Waals surface area (Å²) in [4.78, 5) is 42.6. The van der Waals surface area contributed by atoms with Gasteiger partial charge in [0.15, 0.2) is 18.9 Å². The summed E-state index contributed by atoms with van der Waals surface area (Å²) in [5.74, 6) is -1.48. The van der Waals surface area contributed by atoms with E-state index in [1.165, 1.54) is 6.92 Å². The van der Waals surface area contributed by atoms with E-state index in [1.807, 2.05) is 13.8 Å². The van der Waals surface area contributed by atoms with E-state index in [9.17, 15) is 74.6 Å². The molecule has 3 rings (SSSR count). The highest BCUT2D eigenvalue weighted by molar-refractivity contribution is 7.47. The van der Waals surface area contributed by atoms with Crippen LogP contribution < -0.4 is 5.32 Å². The highest BCUT2D eigenvalue weighted by Crippen LogP contribution is 2.44. The molecule has 90 heavy (non-hydrogen) atoms. The molecule has 31 nitrogen and oxygen atoms in total. The van der Waals surface area contributed by atoms with Gasteiger partial charge in [-0.2, -0.15) is 0 Å². The van der Waals surface area contributed by atoms with Crippen LogP contribution >= 0.6 is 24.2 Å². The fourth-order valence-corrected chi connectivity index (χ4v) is 12.0. The van der Waals surface area contributed by atoms with Crippen molar-refractivity contribution in [2.45, 2.75) is 211 Å². The zero-order valence-corrected chi connectivity index (χ0v) is 55.8. The van der Waals surface area contributed by atoms with Crippen molar-refractivity contribution >= 4 is 30.2 Å². The lowest BCUT2D eigenvalue weighted by Crippen LogP contribution is -2.64. The van der Waals surface area contributed by atoms with E-state index in [0.717, 1.165) is 12.8 Å². The third-order valence-electron chi connectivity index (χ3n) is 15.7. The van der Waals surface area contributed by atoms with Crippen LogP contribution in [0.3, 0.4) is 0 Å². The molecule has 0 aromatic carbocycles. The van der Waals surface area contributed by atoms with Gasteiger partial charge in [-0.05, 0) is 63.7 Å². The Morgan fingerprint density at radius 3 is 1.14 bits per heavy atom. The predicted molar refractivity (Wildman–Crippen MR) is 321 cm³/mol. The fourth-order valence-electron chi connectivity index (χ4n) is 9.76. The van der Waals surface area contributed by atoms with Crippen molar-refractivity contribution in [2.24, 2.45) is 23.2 Å². The Bertz CT molecular complexity index is 1940. The van der Waals surface area contributed by atoms with Crippen LogP contribution in [0, 0.1) is 23.2 Å². The molecule has 0 spiro atoms. The van der Waals surface area contributed by atoms with Gasteiger partial charge in [-0.25, -0.2) is 9.13 Å². The summed E-state index contributed by atoms with van der Waals surface area (Å²) in [6.07, 6.45) is -4.37. The lowest BCUT2D eigenvalue weighted by molar-refractivity contribution is -0.282. The van der Waals surface area contributed by atoms with Crippen molar-refractivity contribution in [1.82, 2.24) is 5.32 Å². The van der Waals surface area contributed by atoms with E-state index in [-0.39, 0.29) is 105 Å². The minimum absolute atomic E-state index is 0.0138. The number of nitrogens with one attached hydrogen (secondary N) is 1. The number of ether oxygens (including phenoxy) is 9. The predicted octanol–water partition coefficient (Wildman–Crippen LogP) is 2.19. The van der Waals surface area contributed by atoms with Crippen molar-refractivity contribution < 1.29 is 144 Å². The van der Waals surface area contributed by atoms with Crippen LogP contribution in [0.4, 0.5) is 0 Å². The minimum atomic E-state index is -4.38. The van der Waals surface area contributed by atoms with E-state index < -0.39 is 147 Å². The summed E-state index contributed by atoms with van der Waals surface area (Å²) >= 11 is 0. The van der Waals surface area contributed by atoms with Crippen molar-refractivity contribution in [1.29, 1.82) is 0 Å². The van der Waals surface area contributed by atoms with Crippen LogP contribution in [-0.2, 0) is 83.7 Å². The molecule has 0 bridgehead atoms. The standard InChI is InChI=1S/C56H110NO30P3/c1-39(2)56(36-73-21-18-28-80-88(68)79-27-15-9-6-12-24-76-53-40(3)47(62)49(64)43(33-58)85-53,37-74-22-19-31-83-89(69,70)81-29-16-10-7-13-25-77-54-41(4)48(63)50(65)44(34-59)86-54)38-75-23-20-32-84-90(71,72)82-30-17-11-8-14-26-78-55-46(57-42(5)61)52(67)51(66)45(35-60)87-55/h39-41,43-55,58-60,62-68H,6-38H2,1-5H3,(H,57,61)(H,69,70)(H,71,72)/t40?,41?,43?,44?,45?,46?,47-,48-,49+,50+,51+,52-,53-,54-,55-,56?,88?/m1/s1. The first-order valence-electron chi connectivity index (χ1n) is 31.6. The van der Waals surface area contributed by atoms with Crippen LogP contribution in [0.5, 0.6) is 0 Å². The maximum Gasteiger partial charge on any atom is 0.472 e. The van der Waals surface area contributed by atoms with E-state index in [2.05, 4.69) is 5.32 Å². The third kappa shape index (κ3) is 32.1. The molecule has 0 saturated carbocycles. The molecular formula is C56H110NO30P3. The molecule has 19 atom stereocenters. The second-order valence-corrected chi connectivity index (χ2v) is 27.2. The molecule has 10 unspecified atom stereocenters. The van der Waals surface area contributed by atoms with Crippen molar-refractivity contribution in [3.8, 4) is 0 Å². The summed E-state index contributed by atoms with van der Waals surface area (Å²) in [5, 5.41) is 92.0. The Hall–Kier alpha value is -0.720. The fraction of sp³-hybridized carbons (Fsp3) is 0.982. The second kappa shape index (κ2) is 46.5. The van der Waals surface area contributed by atoms with Crippen LogP contribution in [0.25, 0.3) is 0 Å². The van der Waals surface area contributed by atoms with E-state index >= 15 is 0 Å². The van der Waals surface area contributed by atoms with Crippen LogP contribution in [0.15, 0.2) is 0 Å². The van der Waals surface area contributed by atoms with Gasteiger partial charge in [-0.1, -0.05) is 66.2 Å². The normalized spacial score (nSPS) is 29.8. The first-order valence-corrected chi connectivity index (χ1v) is 35.8. The highest BCUT2D eigenvalue weighted by Gasteiger charge is 2.46. The Balaban J connectivity index is 1.36. The maximum atomic E-state index is 12.6. The molecular weight excluding hydrogens is 1260 g/mol. The van der Waals surface area contributed by atoms with Crippen molar-refractivity contribution in [2.75, 3.05) is 119 Å². The van der Waals surface area contributed by atoms with Crippen molar-refractivity contribution in [3.05, 3.63) is 0 Å². The lowest BCUT2D eigenvalue weighted by atomic mass is 9.79. The molecule has 0 aliphatic carbocycles. The summed E-state index contributed by atoms with van der Waals surface area (Å²) in [5.41, 5.74) is -0.702. The quantitative estimate of drug-likeness (QED) is 0.0307. The number of hydrogen-bond donors (Lipinski definition) is 13. The molecule has 34 heteroatoms. The Labute approximate surface area is 531 Å². The van der Waals surface area contributed by atoms with Gasteiger partial charge in [0.25, 0.3) is 0 Å². The maximum absolute atomic E-state index is 12.6. The summed E-state index contributed by atoms with van der Waals surface area (Å²) in [7, 11) is -10.9. The number of hydrogen-bond acceptors (Lipinski definition) is 28. The SMILES string of the molecule is CC(=O)NC1[C@H](OCCCCCCOP(=O)(O)OCCCOCC(COCCCOP(O)OCCCCCCO[C@@H]2OC(CO)[C@H](O)[C@H](O)C2C)(COCCCOP(=O)(O)OCCCCCCO[C@@H]2OC(CO)[C@H](O)[C@H](O)C2C)C(C)C)OC(CO)[C@H](O)[C@@H]1O. The number of aliphatic hydroxyl groups excluding tert-OH is 9. The number of rotatable bonds is 53. The minimum Gasteiger partial charge on any atom is -0.394 e. The first kappa shape index (κ1) is 83.5. The van der Waals surface area contributed by atoms with Gasteiger partial charge in [0, 0.05) is 63.8 Å². The second-order valence-electron chi connectivity index (χ2n) is 23.3. The number of carbonyl (C=O) groups excluding carboxylic acids is 1. The zero-order chi connectivity index (χ0) is 66.5. The summed E-state index contributed by atoms with van der Waals surface area (Å²) in [6.45, 7) is 9.16. The number of carbonyl (C=O) groups is 1. The highest BCUT2D eigenvalue weighted by atomic mass is 31.2. The van der Waals surface area contributed by atoms with Crippen LogP contribution in [-0.4, -0.2) is 265 Å². The molecule has 13 N–H and O–H groups in total. The molecule has 0 aromatic rings. The Morgan fingerprint density at radius 2 is 0.778 bits per heavy atom. The molecule has 3 heterocycles. The first-order chi connectivity index (χ1) is 42.9. The van der Waals surface area contributed by atoms with Crippen LogP contribution in [0.2, 0.25) is 0 Å². The number of amides is 1. The summed E-state index contributed by atoms with van der Waals surface area (Å²) < 4.78 is 109. The lowest BCUT2D eigenvalue weighted by Gasteiger charge is -2.42. The van der Waals surface area contributed by atoms with Gasteiger partial charge in [-0.15, -0.1) is 0 Å². The summed E-state index contributed by atoms with van der Waals surface area (Å²) in [6, 6.07) is -1.05. The van der Waals surface area contributed by atoms with Gasteiger partial charge < -0.3 is 118 Å². The molecule has 0 radical (unpaired) electrons. The van der Waals surface area contributed by atoms with E-state index in [1.54, 1.807) is 13.8 Å². The van der Waals surface area contributed by atoms with Crippen LogP contribution in [0.1, 0.15) is 131 Å². The van der Waals surface area contributed by atoms with Gasteiger partial charge in [-0.3, -0.25) is 22.9 Å². The Morgan fingerprint density at radius 1 is 0.467 bits per heavy atom. The van der Waals surface area contributed by atoms with E-state index in [4.69, 9.17) is 69.8 Å². The monoisotopic (exact) mass is 1370 g/mol. The van der Waals surface area contributed by atoms with Gasteiger partial charge in [0.1, 0.15) is 48.8 Å². The number of aliphatic hydroxyl groups is 9. The third-order valence-corrected chi connectivity index (χ3v) is 18.5. The zero-order valence-electron chi connectivity index (χ0n) is 53.1. The van der Waals surface area contributed by atoms with Crippen molar-refractivity contribution in [3.63, 3.8) is 0 Å². The Kier molecular flexibility index (Phi) is 43.1. The molecule has 0 aromatic heterocycles. The average molecular weight is 1370 g/mol. The largest absolute Gasteiger partial charge is 0.472 e. The van der Waals surface area contributed by atoms with Gasteiger partial charge >= 0.3 is 24.2 Å². The molecule has 534 valence electrons. The number of phosphoric ester groups is 2. The van der Waals surface area contributed by atoms with Gasteiger partial charge in [0.05, 0.1) is 91.5 Å². The molecule has 3 aliphatic rings. The molecule has 3 saturated heterocycles. The average Bonchev–Trinajstić information content (AvgIpc) is 1.09. The molecule has 3 aliphatic heterocycles. The molecule has 3 fully saturated rings. The van der Waals surface area contributed by atoms with Gasteiger partial charge in [0.2, 0.25) is 5.91 Å². The molecule has 1 amide bonds.